The molecular weight excluding hydrogens is 288 g/mol. The maximum Gasteiger partial charge on any atom is 0.244 e. The molecule has 0 spiro atoms. The standard InChI is InChI=1S/C19H22N2O2/c1-13-9-10-17(11-15(13)3)20-19(23)12-21(16(4)22)18-8-6-5-7-14(18)2/h5-11H,12H2,1-4H3,(H,20,23). The van der Waals surface area contributed by atoms with Crippen molar-refractivity contribution in [2.24, 2.45) is 0 Å². The molecule has 0 saturated heterocycles. The molecule has 2 rings (SSSR count). The maximum absolute atomic E-state index is 12.3. The van der Waals surface area contributed by atoms with E-state index in [1.165, 1.54) is 17.4 Å². The van der Waals surface area contributed by atoms with Gasteiger partial charge < -0.3 is 10.2 Å². The largest absolute Gasteiger partial charge is 0.325 e. The molecule has 23 heavy (non-hydrogen) atoms. The average molecular weight is 310 g/mol. The van der Waals surface area contributed by atoms with Crippen molar-refractivity contribution in [2.75, 3.05) is 16.8 Å². The van der Waals surface area contributed by atoms with E-state index in [1.807, 2.05) is 63.2 Å². The molecule has 0 atom stereocenters. The fraction of sp³-hybridized carbons (Fsp3) is 0.263. The van der Waals surface area contributed by atoms with Gasteiger partial charge in [0.05, 0.1) is 0 Å². The molecule has 2 aromatic rings. The predicted octanol–water partition coefficient (Wildman–Crippen LogP) is 3.60. The minimum atomic E-state index is -0.216. The smallest absolute Gasteiger partial charge is 0.244 e. The Morgan fingerprint density at radius 1 is 0.957 bits per heavy atom. The lowest BCUT2D eigenvalue weighted by Crippen LogP contribution is -2.37. The third-order valence-electron chi connectivity index (χ3n) is 3.88. The van der Waals surface area contributed by atoms with Crippen molar-refractivity contribution < 1.29 is 9.59 Å². The summed E-state index contributed by atoms with van der Waals surface area (Å²) < 4.78 is 0. The molecule has 2 amide bonds. The number of nitrogens with zero attached hydrogens (tertiary/aromatic N) is 1. The van der Waals surface area contributed by atoms with E-state index in [2.05, 4.69) is 5.32 Å². The van der Waals surface area contributed by atoms with E-state index in [1.54, 1.807) is 0 Å². The van der Waals surface area contributed by atoms with Crippen LogP contribution in [0, 0.1) is 20.8 Å². The highest BCUT2D eigenvalue weighted by atomic mass is 16.2. The molecule has 120 valence electrons. The van der Waals surface area contributed by atoms with Crippen LogP contribution < -0.4 is 10.2 Å². The van der Waals surface area contributed by atoms with Crippen molar-refractivity contribution in [3.63, 3.8) is 0 Å². The summed E-state index contributed by atoms with van der Waals surface area (Å²) in [5.74, 6) is -0.374. The Hall–Kier alpha value is -2.62. The van der Waals surface area contributed by atoms with Crippen molar-refractivity contribution in [3.05, 3.63) is 59.2 Å². The molecule has 0 fully saturated rings. The van der Waals surface area contributed by atoms with Crippen LogP contribution in [0.1, 0.15) is 23.6 Å². The number of carbonyl (C=O) groups is 2. The Morgan fingerprint density at radius 2 is 1.65 bits per heavy atom. The Bertz CT molecular complexity index is 738. The number of amides is 2. The molecule has 0 radical (unpaired) electrons. The first-order valence-corrected chi connectivity index (χ1v) is 7.59. The van der Waals surface area contributed by atoms with Gasteiger partial charge >= 0.3 is 0 Å². The van der Waals surface area contributed by atoms with Crippen LogP contribution in [-0.2, 0) is 9.59 Å². The molecule has 0 bridgehead atoms. The topological polar surface area (TPSA) is 49.4 Å². The van der Waals surface area contributed by atoms with Gasteiger partial charge in [0, 0.05) is 18.3 Å². The van der Waals surface area contributed by atoms with Crippen LogP contribution in [0.4, 0.5) is 11.4 Å². The number of aryl methyl sites for hydroxylation is 3. The van der Waals surface area contributed by atoms with E-state index in [9.17, 15) is 9.59 Å². The second kappa shape index (κ2) is 7.09. The van der Waals surface area contributed by atoms with Crippen LogP contribution in [0.25, 0.3) is 0 Å². The highest BCUT2D eigenvalue weighted by molar-refractivity contribution is 6.02. The minimum absolute atomic E-state index is 0.00683. The van der Waals surface area contributed by atoms with E-state index >= 15 is 0 Å². The van der Waals surface area contributed by atoms with Gasteiger partial charge in [-0.1, -0.05) is 24.3 Å². The summed E-state index contributed by atoms with van der Waals surface area (Å²) in [7, 11) is 0. The molecule has 0 aliphatic heterocycles. The van der Waals surface area contributed by atoms with Gasteiger partial charge in [-0.05, 0) is 55.7 Å². The van der Waals surface area contributed by atoms with Crippen molar-refractivity contribution in [1.82, 2.24) is 0 Å². The Labute approximate surface area is 137 Å². The van der Waals surface area contributed by atoms with Gasteiger partial charge in [0.2, 0.25) is 11.8 Å². The number of nitrogens with one attached hydrogen (secondary N) is 1. The van der Waals surface area contributed by atoms with Gasteiger partial charge in [0.25, 0.3) is 0 Å². The van der Waals surface area contributed by atoms with E-state index < -0.39 is 0 Å². The molecule has 0 aliphatic carbocycles. The van der Waals surface area contributed by atoms with E-state index in [0.29, 0.717) is 0 Å². The Kier molecular flexibility index (Phi) is 5.16. The fourth-order valence-corrected chi connectivity index (χ4v) is 2.40. The first-order valence-electron chi connectivity index (χ1n) is 7.59. The summed E-state index contributed by atoms with van der Waals surface area (Å²) in [5.41, 5.74) is 4.75. The number of benzene rings is 2. The fourth-order valence-electron chi connectivity index (χ4n) is 2.40. The first kappa shape index (κ1) is 16.7. The van der Waals surface area contributed by atoms with Gasteiger partial charge in [0.15, 0.2) is 0 Å². The second-order valence-electron chi connectivity index (χ2n) is 5.74. The molecule has 1 N–H and O–H groups in total. The van der Waals surface area contributed by atoms with Gasteiger partial charge in [-0.2, -0.15) is 0 Å². The van der Waals surface area contributed by atoms with Crippen LogP contribution in [-0.4, -0.2) is 18.4 Å². The monoisotopic (exact) mass is 310 g/mol. The van der Waals surface area contributed by atoms with Gasteiger partial charge in [0.1, 0.15) is 6.54 Å². The predicted molar refractivity (Wildman–Crippen MR) is 93.8 cm³/mol. The average Bonchev–Trinajstić information content (AvgIpc) is 2.49. The van der Waals surface area contributed by atoms with Gasteiger partial charge in [-0.25, -0.2) is 0 Å². The number of hydrogen-bond acceptors (Lipinski definition) is 2. The highest BCUT2D eigenvalue weighted by Crippen LogP contribution is 2.20. The number of rotatable bonds is 4. The highest BCUT2D eigenvalue weighted by Gasteiger charge is 2.17. The normalized spacial score (nSPS) is 10.3. The molecule has 2 aromatic carbocycles. The summed E-state index contributed by atoms with van der Waals surface area (Å²) >= 11 is 0. The van der Waals surface area contributed by atoms with Crippen molar-refractivity contribution in [3.8, 4) is 0 Å². The zero-order valence-electron chi connectivity index (χ0n) is 14.0. The summed E-state index contributed by atoms with van der Waals surface area (Å²) in [4.78, 5) is 25.7. The Balaban J connectivity index is 2.14. The summed E-state index contributed by atoms with van der Waals surface area (Å²) in [6, 6.07) is 13.3. The SMILES string of the molecule is CC(=O)N(CC(=O)Nc1ccc(C)c(C)c1)c1ccccc1C. The zero-order chi connectivity index (χ0) is 17.0. The molecule has 0 unspecified atom stereocenters. The summed E-state index contributed by atoms with van der Waals surface area (Å²) in [6.07, 6.45) is 0. The molecular formula is C19H22N2O2. The Morgan fingerprint density at radius 3 is 2.26 bits per heavy atom. The molecule has 0 aromatic heterocycles. The van der Waals surface area contributed by atoms with E-state index in [-0.39, 0.29) is 18.4 Å². The second-order valence-corrected chi connectivity index (χ2v) is 5.74. The lowest BCUT2D eigenvalue weighted by Gasteiger charge is -2.22. The minimum Gasteiger partial charge on any atom is -0.325 e. The first-order chi connectivity index (χ1) is 10.9. The molecule has 0 aliphatic rings. The van der Waals surface area contributed by atoms with Crippen molar-refractivity contribution in [1.29, 1.82) is 0 Å². The summed E-state index contributed by atoms with van der Waals surface area (Å²) in [6.45, 7) is 7.41. The number of carbonyl (C=O) groups excluding carboxylic acids is 2. The van der Waals surface area contributed by atoms with Crippen LogP contribution >= 0.6 is 0 Å². The maximum atomic E-state index is 12.3. The van der Waals surface area contributed by atoms with Crippen LogP contribution in [0.15, 0.2) is 42.5 Å². The number of para-hydroxylation sites is 1. The molecule has 0 heterocycles. The van der Waals surface area contributed by atoms with E-state index in [0.717, 1.165) is 22.5 Å². The quantitative estimate of drug-likeness (QED) is 0.938. The molecule has 0 saturated carbocycles. The molecule has 4 heteroatoms. The van der Waals surface area contributed by atoms with E-state index in [4.69, 9.17) is 0 Å². The third kappa shape index (κ3) is 4.19. The van der Waals surface area contributed by atoms with Gasteiger partial charge in [-0.3, -0.25) is 9.59 Å². The van der Waals surface area contributed by atoms with Crippen molar-refractivity contribution >= 4 is 23.2 Å². The van der Waals surface area contributed by atoms with Gasteiger partial charge in [-0.15, -0.1) is 0 Å². The number of anilines is 2. The van der Waals surface area contributed by atoms with Crippen molar-refractivity contribution in [2.45, 2.75) is 27.7 Å². The zero-order valence-corrected chi connectivity index (χ0v) is 14.0. The molecule has 4 nitrogen and oxygen atoms in total. The summed E-state index contributed by atoms with van der Waals surface area (Å²) in [5, 5.41) is 2.85. The lowest BCUT2D eigenvalue weighted by molar-refractivity contribution is -0.120. The van der Waals surface area contributed by atoms with Crippen LogP contribution in [0.5, 0.6) is 0 Å². The third-order valence-corrected chi connectivity index (χ3v) is 3.88. The van der Waals surface area contributed by atoms with Crippen LogP contribution in [0.2, 0.25) is 0 Å². The lowest BCUT2D eigenvalue weighted by atomic mass is 10.1. The number of hydrogen-bond donors (Lipinski definition) is 1. The van der Waals surface area contributed by atoms with Crippen LogP contribution in [0.3, 0.4) is 0 Å².